The maximum absolute atomic E-state index is 12.0. The Bertz CT molecular complexity index is 490. The summed E-state index contributed by atoms with van der Waals surface area (Å²) < 4.78 is 1.72. The van der Waals surface area contributed by atoms with Crippen LogP contribution in [0.2, 0.25) is 0 Å². The quantitative estimate of drug-likeness (QED) is 0.817. The van der Waals surface area contributed by atoms with Gasteiger partial charge in [-0.25, -0.2) is 4.79 Å². The van der Waals surface area contributed by atoms with E-state index < -0.39 is 5.97 Å². The molecule has 6 nitrogen and oxygen atoms in total. The van der Waals surface area contributed by atoms with Crippen molar-refractivity contribution in [1.29, 1.82) is 0 Å². The zero-order valence-corrected chi connectivity index (χ0v) is 12.5. The van der Waals surface area contributed by atoms with Gasteiger partial charge in [-0.1, -0.05) is 19.8 Å². The summed E-state index contributed by atoms with van der Waals surface area (Å²) in [5, 5.41) is 13.0. The highest BCUT2D eigenvalue weighted by atomic mass is 16.4. The average Bonchev–Trinajstić information content (AvgIpc) is 2.97. The Kier molecular flexibility index (Phi) is 5.36. The number of nitrogens with zero attached hydrogens (tertiary/aromatic N) is 3. The SMILES string of the molecule is CCCCCC(=O)N1CCC(n2cc(C(=O)O)cn2)CC1. The third kappa shape index (κ3) is 4.06. The van der Waals surface area contributed by atoms with Gasteiger partial charge in [0, 0.05) is 25.7 Å². The van der Waals surface area contributed by atoms with E-state index in [-0.39, 0.29) is 17.5 Å². The summed E-state index contributed by atoms with van der Waals surface area (Å²) in [5.74, 6) is -0.710. The Morgan fingerprint density at radius 2 is 2.05 bits per heavy atom. The van der Waals surface area contributed by atoms with Crippen LogP contribution in [0.15, 0.2) is 12.4 Å². The van der Waals surface area contributed by atoms with Gasteiger partial charge in [0.2, 0.25) is 5.91 Å². The van der Waals surface area contributed by atoms with Gasteiger partial charge in [0.05, 0.1) is 17.8 Å². The molecule has 1 aromatic rings. The minimum atomic E-state index is -0.954. The van der Waals surface area contributed by atoms with Crippen molar-refractivity contribution in [2.45, 2.75) is 51.5 Å². The molecule has 0 unspecified atom stereocenters. The zero-order valence-electron chi connectivity index (χ0n) is 12.5. The molecule has 21 heavy (non-hydrogen) atoms. The maximum Gasteiger partial charge on any atom is 0.338 e. The standard InChI is InChI=1S/C15H23N3O3/c1-2-3-4-5-14(19)17-8-6-13(7-9-17)18-11-12(10-16-18)15(20)21/h10-11,13H,2-9H2,1H3,(H,20,21). The van der Waals surface area contributed by atoms with Crippen molar-refractivity contribution in [3.63, 3.8) is 0 Å². The Hall–Kier alpha value is -1.85. The molecule has 1 amide bonds. The second-order valence-electron chi connectivity index (χ2n) is 5.58. The van der Waals surface area contributed by atoms with E-state index >= 15 is 0 Å². The Labute approximate surface area is 124 Å². The third-order valence-corrected chi connectivity index (χ3v) is 4.03. The minimum absolute atomic E-state index is 0.192. The summed E-state index contributed by atoms with van der Waals surface area (Å²) >= 11 is 0. The molecule has 0 aromatic carbocycles. The molecule has 1 saturated heterocycles. The lowest BCUT2D eigenvalue weighted by molar-refractivity contribution is -0.132. The molecular weight excluding hydrogens is 270 g/mol. The van der Waals surface area contributed by atoms with Gasteiger partial charge in [-0.15, -0.1) is 0 Å². The molecule has 0 radical (unpaired) electrons. The number of carbonyl (C=O) groups is 2. The molecular formula is C15H23N3O3. The van der Waals surface area contributed by atoms with Gasteiger partial charge in [-0.3, -0.25) is 9.48 Å². The molecule has 0 aliphatic carbocycles. The Morgan fingerprint density at radius 3 is 2.62 bits per heavy atom. The van der Waals surface area contributed by atoms with Crippen molar-refractivity contribution in [1.82, 2.24) is 14.7 Å². The number of piperidine rings is 1. The molecule has 2 rings (SSSR count). The molecule has 0 atom stereocenters. The van der Waals surface area contributed by atoms with Crippen molar-refractivity contribution in [2.24, 2.45) is 0 Å². The van der Waals surface area contributed by atoms with Crippen molar-refractivity contribution in [2.75, 3.05) is 13.1 Å². The van der Waals surface area contributed by atoms with Crippen LogP contribution in [0.3, 0.4) is 0 Å². The number of hydrogen-bond donors (Lipinski definition) is 1. The molecule has 6 heteroatoms. The van der Waals surface area contributed by atoms with E-state index in [0.717, 1.165) is 45.2 Å². The van der Waals surface area contributed by atoms with Crippen LogP contribution in [0, 0.1) is 0 Å². The molecule has 1 fully saturated rings. The lowest BCUT2D eigenvalue weighted by atomic mass is 10.0. The first-order chi connectivity index (χ1) is 10.1. The summed E-state index contributed by atoms with van der Waals surface area (Å²) in [6.45, 7) is 3.60. The maximum atomic E-state index is 12.0. The van der Waals surface area contributed by atoms with E-state index in [1.165, 1.54) is 6.20 Å². The molecule has 1 aliphatic rings. The van der Waals surface area contributed by atoms with Crippen LogP contribution in [0.25, 0.3) is 0 Å². The molecule has 1 N–H and O–H groups in total. The van der Waals surface area contributed by atoms with Gasteiger partial charge in [0.15, 0.2) is 0 Å². The number of hydrogen-bond acceptors (Lipinski definition) is 3. The highest BCUT2D eigenvalue weighted by molar-refractivity contribution is 5.86. The van der Waals surface area contributed by atoms with E-state index in [4.69, 9.17) is 5.11 Å². The molecule has 0 spiro atoms. The van der Waals surface area contributed by atoms with Crippen LogP contribution in [0.5, 0.6) is 0 Å². The lowest BCUT2D eigenvalue weighted by Crippen LogP contribution is -2.39. The predicted molar refractivity (Wildman–Crippen MR) is 78.2 cm³/mol. The van der Waals surface area contributed by atoms with Crippen LogP contribution in [0.1, 0.15) is 61.8 Å². The number of carbonyl (C=O) groups excluding carboxylic acids is 1. The van der Waals surface area contributed by atoms with E-state index in [1.54, 1.807) is 10.9 Å². The van der Waals surface area contributed by atoms with Crippen LogP contribution < -0.4 is 0 Å². The molecule has 0 bridgehead atoms. The first-order valence-corrected chi connectivity index (χ1v) is 7.67. The topological polar surface area (TPSA) is 75.4 Å². The summed E-state index contributed by atoms with van der Waals surface area (Å²) in [5.41, 5.74) is 0.216. The van der Waals surface area contributed by atoms with Gasteiger partial charge < -0.3 is 10.0 Å². The zero-order chi connectivity index (χ0) is 15.2. The van der Waals surface area contributed by atoms with Crippen LogP contribution >= 0.6 is 0 Å². The van der Waals surface area contributed by atoms with Gasteiger partial charge in [0.25, 0.3) is 0 Å². The summed E-state index contributed by atoms with van der Waals surface area (Å²) in [4.78, 5) is 24.8. The number of rotatable bonds is 6. The number of unbranched alkanes of at least 4 members (excludes halogenated alkanes) is 2. The molecule has 1 aliphatic heterocycles. The van der Waals surface area contributed by atoms with Gasteiger partial charge >= 0.3 is 5.97 Å². The lowest BCUT2D eigenvalue weighted by Gasteiger charge is -2.32. The van der Waals surface area contributed by atoms with Crippen LogP contribution in [0.4, 0.5) is 0 Å². The van der Waals surface area contributed by atoms with Crippen LogP contribution in [-0.4, -0.2) is 44.8 Å². The van der Waals surface area contributed by atoms with E-state index in [0.29, 0.717) is 6.42 Å². The van der Waals surface area contributed by atoms with E-state index in [2.05, 4.69) is 12.0 Å². The fraction of sp³-hybridized carbons (Fsp3) is 0.667. The van der Waals surface area contributed by atoms with Gasteiger partial charge in [-0.2, -0.15) is 5.10 Å². The summed E-state index contributed by atoms with van der Waals surface area (Å²) in [6.07, 6.45) is 8.46. The summed E-state index contributed by atoms with van der Waals surface area (Å²) in [7, 11) is 0. The summed E-state index contributed by atoms with van der Waals surface area (Å²) in [6, 6.07) is 0.192. The molecule has 2 heterocycles. The fourth-order valence-electron chi connectivity index (χ4n) is 2.71. The smallest absolute Gasteiger partial charge is 0.338 e. The fourth-order valence-corrected chi connectivity index (χ4v) is 2.71. The molecule has 116 valence electrons. The second-order valence-corrected chi connectivity index (χ2v) is 5.58. The van der Waals surface area contributed by atoms with E-state index in [1.807, 2.05) is 4.90 Å². The van der Waals surface area contributed by atoms with Crippen molar-refractivity contribution < 1.29 is 14.7 Å². The first-order valence-electron chi connectivity index (χ1n) is 7.67. The van der Waals surface area contributed by atoms with Gasteiger partial charge in [-0.05, 0) is 19.3 Å². The Balaban J connectivity index is 1.82. The Morgan fingerprint density at radius 1 is 1.33 bits per heavy atom. The highest BCUT2D eigenvalue weighted by Crippen LogP contribution is 2.23. The van der Waals surface area contributed by atoms with Crippen molar-refractivity contribution >= 4 is 11.9 Å². The number of amides is 1. The van der Waals surface area contributed by atoms with Crippen molar-refractivity contribution in [3.05, 3.63) is 18.0 Å². The monoisotopic (exact) mass is 293 g/mol. The second kappa shape index (κ2) is 7.24. The predicted octanol–water partition coefficient (Wildman–Crippen LogP) is 2.33. The minimum Gasteiger partial charge on any atom is -0.478 e. The largest absolute Gasteiger partial charge is 0.478 e. The molecule has 1 aromatic heterocycles. The van der Waals surface area contributed by atoms with Crippen molar-refractivity contribution in [3.8, 4) is 0 Å². The highest BCUT2D eigenvalue weighted by Gasteiger charge is 2.24. The number of carboxylic acids is 1. The number of aromatic nitrogens is 2. The normalized spacial score (nSPS) is 16.1. The first kappa shape index (κ1) is 15.5. The molecule has 0 saturated carbocycles. The van der Waals surface area contributed by atoms with Crippen LogP contribution in [-0.2, 0) is 4.79 Å². The van der Waals surface area contributed by atoms with E-state index in [9.17, 15) is 9.59 Å². The van der Waals surface area contributed by atoms with Gasteiger partial charge in [0.1, 0.15) is 0 Å². The number of carboxylic acid groups (broad SMARTS) is 1. The number of aromatic carboxylic acids is 1. The number of likely N-dealkylation sites (tertiary alicyclic amines) is 1. The average molecular weight is 293 g/mol. The third-order valence-electron chi connectivity index (χ3n) is 4.03.